The summed E-state index contributed by atoms with van der Waals surface area (Å²) < 4.78 is 1.24. The number of carboxylic acid groups (broad SMARTS) is 1. The molecule has 0 aliphatic carbocycles. The summed E-state index contributed by atoms with van der Waals surface area (Å²) in [6.07, 6.45) is 0.231. The Balaban J connectivity index is 0.00000289. The molecule has 8 nitrogen and oxygen atoms in total. The first-order chi connectivity index (χ1) is 15.2. The van der Waals surface area contributed by atoms with E-state index in [1.165, 1.54) is 29.0 Å². The monoisotopic (exact) mass is 499 g/mol. The van der Waals surface area contributed by atoms with Gasteiger partial charge in [-0.25, -0.2) is 4.79 Å². The van der Waals surface area contributed by atoms with Gasteiger partial charge in [-0.3, -0.25) is 4.79 Å². The number of hydrogen-bond acceptors (Lipinski definition) is 6. The molecule has 1 atom stereocenters. The molecule has 2 aromatic heterocycles. The van der Waals surface area contributed by atoms with Gasteiger partial charge in [-0.1, -0.05) is 30.0 Å². The molecule has 34 heavy (non-hydrogen) atoms. The number of rotatable bonds is 7. The summed E-state index contributed by atoms with van der Waals surface area (Å²) in [4.78, 5) is 37.7. The number of urea groups is 1. The van der Waals surface area contributed by atoms with Gasteiger partial charge in [0, 0.05) is 41.3 Å². The van der Waals surface area contributed by atoms with Crippen molar-refractivity contribution in [3.63, 3.8) is 0 Å². The Morgan fingerprint density at radius 1 is 1.12 bits per heavy atom. The number of aromatic nitrogens is 1. The molecule has 0 fully saturated rings. The number of carbonyl (C=O) groups is 2. The zero-order valence-corrected chi connectivity index (χ0v) is 24.7. The Labute approximate surface area is 246 Å². The molecule has 2 N–H and O–H groups in total. The number of benzene rings is 1. The number of nitrogens with zero attached hydrogens (tertiary/aromatic N) is 1. The van der Waals surface area contributed by atoms with Gasteiger partial charge < -0.3 is 30.2 Å². The van der Waals surface area contributed by atoms with Crippen molar-refractivity contribution in [3.05, 3.63) is 79.4 Å². The Bertz CT molecular complexity index is 1230. The van der Waals surface area contributed by atoms with Crippen LogP contribution < -0.4 is 85.5 Å². The van der Waals surface area contributed by atoms with Crippen LogP contribution in [0.4, 0.5) is 10.5 Å². The number of amides is 2. The molecular weight excluding hydrogens is 476 g/mol. The van der Waals surface area contributed by atoms with Gasteiger partial charge >= 0.3 is 65.1 Å². The van der Waals surface area contributed by atoms with Crippen molar-refractivity contribution in [2.75, 3.05) is 5.32 Å². The molecule has 1 unspecified atom stereocenters. The first kappa shape index (κ1) is 30.4. The second-order valence-corrected chi connectivity index (χ2v) is 8.72. The number of aryl methyl sites for hydroxylation is 2. The summed E-state index contributed by atoms with van der Waals surface area (Å²) in [5.41, 5.74) is 1.73. The van der Waals surface area contributed by atoms with E-state index in [2.05, 4.69) is 10.6 Å². The second-order valence-electron chi connectivity index (χ2n) is 7.52. The predicted octanol–water partition coefficient (Wildman–Crippen LogP) is -4.26. The largest absolute Gasteiger partial charge is 1.00 e. The van der Waals surface area contributed by atoms with Crippen molar-refractivity contribution in [3.8, 4) is 5.75 Å². The van der Waals surface area contributed by atoms with Crippen LogP contribution in [-0.4, -0.2) is 16.6 Å². The van der Waals surface area contributed by atoms with Crippen molar-refractivity contribution in [1.82, 2.24) is 9.88 Å². The van der Waals surface area contributed by atoms with Gasteiger partial charge in [0.2, 0.25) is 0 Å². The smallest absolute Gasteiger partial charge is 0.871 e. The maximum atomic E-state index is 12.5. The summed E-state index contributed by atoms with van der Waals surface area (Å²) in [5, 5.41) is 28.2. The summed E-state index contributed by atoms with van der Waals surface area (Å²) in [7, 11) is 1.49. The molecule has 0 aliphatic rings. The van der Waals surface area contributed by atoms with Gasteiger partial charge in [-0.05, 0) is 43.2 Å². The van der Waals surface area contributed by atoms with Crippen LogP contribution in [0.2, 0.25) is 0 Å². The maximum absolute atomic E-state index is 12.5. The third-order valence-corrected chi connectivity index (χ3v) is 6.40. The van der Waals surface area contributed by atoms with E-state index in [9.17, 15) is 24.6 Å². The first-order valence-corrected chi connectivity index (χ1v) is 10.8. The van der Waals surface area contributed by atoms with Gasteiger partial charge in [0.1, 0.15) is 5.69 Å². The van der Waals surface area contributed by atoms with E-state index in [4.69, 9.17) is 0 Å². The van der Waals surface area contributed by atoms with Crippen molar-refractivity contribution < 1.29 is 78.9 Å². The van der Waals surface area contributed by atoms with E-state index in [-0.39, 0.29) is 59.1 Å². The molecule has 2 amide bonds. The predicted molar refractivity (Wildman–Crippen MR) is 119 cm³/mol. The van der Waals surface area contributed by atoms with E-state index in [0.717, 1.165) is 16.0 Å². The van der Waals surface area contributed by atoms with Crippen LogP contribution in [0.5, 0.6) is 5.75 Å². The zero-order chi connectivity index (χ0) is 23.4. The van der Waals surface area contributed by atoms with Gasteiger partial charge in [-0.2, -0.15) is 0 Å². The van der Waals surface area contributed by atoms with Crippen LogP contribution >= 0.6 is 11.3 Å². The zero-order valence-electron chi connectivity index (χ0n) is 19.9. The molecule has 0 saturated heterocycles. The van der Waals surface area contributed by atoms with Crippen molar-refractivity contribution >= 4 is 29.0 Å². The number of carboxylic acids is 1. The van der Waals surface area contributed by atoms with Crippen LogP contribution in [-0.2, 0) is 18.3 Å². The number of carbonyl (C=O) groups excluding carboxylic acids is 2. The van der Waals surface area contributed by atoms with Crippen molar-refractivity contribution in [2.45, 2.75) is 32.7 Å². The third-order valence-electron chi connectivity index (χ3n) is 5.20. The van der Waals surface area contributed by atoms with Gasteiger partial charge in [0.25, 0.3) is 5.56 Å². The molecule has 168 valence electrons. The van der Waals surface area contributed by atoms with E-state index in [0.29, 0.717) is 17.0 Å². The van der Waals surface area contributed by atoms with Crippen LogP contribution in [0, 0.1) is 13.8 Å². The molecule has 3 rings (SSSR count). The van der Waals surface area contributed by atoms with Gasteiger partial charge in [0.15, 0.2) is 0 Å². The molecule has 0 aliphatic heterocycles. The van der Waals surface area contributed by atoms with E-state index in [1.807, 2.05) is 37.3 Å². The fourth-order valence-electron chi connectivity index (χ4n) is 3.28. The van der Waals surface area contributed by atoms with Crippen LogP contribution in [0.25, 0.3) is 0 Å². The SMILES string of the molecule is Cc1ccccc1Cc1ccc(C(CC(=O)[O-])NC(=O)Nc2c([O-])cc(C)n(C)c2=O)s1.[Na+].[Na+]. The Kier molecular flexibility index (Phi) is 12.1. The summed E-state index contributed by atoms with van der Waals surface area (Å²) in [6.45, 7) is 3.63. The van der Waals surface area contributed by atoms with Crippen LogP contribution in [0.15, 0.2) is 47.3 Å². The number of nitrogens with one attached hydrogen (secondary N) is 2. The molecule has 0 bridgehead atoms. The molecule has 1 aromatic carbocycles. The first-order valence-electron chi connectivity index (χ1n) is 9.93. The molecular formula is C23H23N3Na2O5S. The summed E-state index contributed by atoms with van der Waals surface area (Å²) in [5.74, 6) is -1.95. The number of pyridine rings is 1. The topological polar surface area (TPSA) is 126 Å². The Morgan fingerprint density at radius 2 is 1.79 bits per heavy atom. The molecule has 0 spiro atoms. The number of hydrogen-bond donors (Lipinski definition) is 2. The van der Waals surface area contributed by atoms with Gasteiger partial charge in [0.05, 0.1) is 6.04 Å². The minimum absolute atomic E-state index is 0. The quantitative estimate of drug-likeness (QED) is 0.319. The second kappa shape index (κ2) is 13.5. The average molecular weight is 500 g/mol. The standard InChI is InChI=1S/C23H25N3O5S.2Na/c1-13-6-4-5-7-15(13)11-16-8-9-19(32-16)17(12-20(28)29)24-23(31)25-21-18(27)10-14(2)26(3)22(21)30;;/h4-10,17,27H,11-12H2,1-3H3,(H,28,29)(H2,24,25,31);;/q;2*+1/p-2. The molecule has 2 heterocycles. The Hall–Kier alpha value is -1.59. The van der Waals surface area contributed by atoms with Crippen molar-refractivity contribution in [2.24, 2.45) is 7.05 Å². The molecule has 0 saturated carbocycles. The van der Waals surface area contributed by atoms with Crippen LogP contribution in [0.1, 0.15) is 39.0 Å². The molecule has 3 aromatic rings. The number of anilines is 1. The molecule has 11 heteroatoms. The Morgan fingerprint density at radius 3 is 2.44 bits per heavy atom. The number of thiophene rings is 1. The fourth-order valence-corrected chi connectivity index (χ4v) is 4.36. The van der Waals surface area contributed by atoms with E-state index < -0.39 is 41.5 Å². The minimum Gasteiger partial charge on any atom is -0.871 e. The third kappa shape index (κ3) is 7.71. The summed E-state index contributed by atoms with van der Waals surface area (Å²) >= 11 is 1.38. The normalized spacial score (nSPS) is 11.0. The minimum atomic E-state index is -1.33. The summed E-state index contributed by atoms with van der Waals surface area (Å²) in [6, 6.07) is 11.1. The van der Waals surface area contributed by atoms with E-state index in [1.54, 1.807) is 13.0 Å². The van der Waals surface area contributed by atoms with E-state index >= 15 is 0 Å². The fraction of sp³-hybridized carbons (Fsp3) is 0.261. The van der Waals surface area contributed by atoms with Crippen molar-refractivity contribution in [1.29, 1.82) is 0 Å². The molecule has 0 radical (unpaired) electrons. The maximum Gasteiger partial charge on any atom is 1.00 e. The number of aliphatic carboxylic acids is 1. The average Bonchev–Trinajstić information content (AvgIpc) is 3.19. The van der Waals surface area contributed by atoms with Crippen LogP contribution in [0.3, 0.4) is 0 Å². The van der Waals surface area contributed by atoms with Gasteiger partial charge in [-0.15, -0.1) is 11.3 Å².